The predicted molar refractivity (Wildman–Crippen MR) is 372 cm³/mol. The summed E-state index contributed by atoms with van der Waals surface area (Å²) < 4.78 is 88.9. The van der Waals surface area contributed by atoms with E-state index in [4.69, 9.17) is 72.6 Å². The second kappa shape index (κ2) is 40.5. The zero-order valence-electron chi connectivity index (χ0n) is 62.2. The van der Waals surface area contributed by atoms with Crippen molar-refractivity contribution in [3.8, 4) is 0 Å². The van der Waals surface area contributed by atoms with Crippen molar-refractivity contribution in [1.29, 1.82) is 0 Å². The molecule has 0 aromatic rings. The Morgan fingerprint density at radius 1 is 0.716 bits per heavy atom. The number of rotatable bonds is 37. The molecule has 0 radical (unpaired) electrons. The molecule has 39 nitrogen and oxygen atoms in total. The molecule has 5 saturated heterocycles. The van der Waals surface area contributed by atoms with Gasteiger partial charge < -0.3 is 146 Å². The Morgan fingerprint density at radius 3 is 1.88 bits per heavy atom. The quantitative estimate of drug-likeness (QED) is 0.0236. The van der Waals surface area contributed by atoms with Crippen LogP contribution in [0.15, 0.2) is 70.7 Å². The molecule has 0 saturated carbocycles. The van der Waals surface area contributed by atoms with E-state index in [2.05, 4.69) is 75.4 Å². The Morgan fingerprint density at radius 2 is 1.29 bits per heavy atom. The van der Waals surface area contributed by atoms with Gasteiger partial charge in [0.15, 0.2) is 67.8 Å². The number of aliphatic hydroxyl groups is 11. The van der Waals surface area contributed by atoms with Crippen molar-refractivity contribution in [2.45, 2.75) is 286 Å². The van der Waals surface area contributed by atoms with Crippen molar-refractivity contribution in [1.82, 2.24) is 16.0 Å². The fourth-order valence-electron chi connectivity index (χ4n) is 12.6. The molecule has 20 N–H and O–H groups in total. The van der Waals surface area contributed by atoms with Gasteiger partial charge in [0.25, 0.3) is 5.91 Å². The Hall–Kier alpha value is -6.16. The molecule has 0 bridgehead atoms. The number of ether oxygens (including phenoxy) is 11. The first-order valence-electron chi connectivity index (χ1n) is 35.4. The number of phosphoric acid groups is 1. The molecule has 5 fully saturated rings. The summed E-state index contributed by atoms with van der Waals surface area (Å²) in [5, 5.41) is 139. The number of carboxylic acid groups (broad SMARTS) is 1. The van der Waals surface area contributed by atoms with E-state index in [1.165, 1.54) is 18.1 Å². The van der Waals surface area contributed by atoms with Gasteiger partial charge in [-0.1, -0.05) is 73.1 Å². The van der Waals surface area contributed by atoms with Gasteiger partial charge in [0.2, 0.25) is 17.7 Å². The Bertz CT molecular complexity index is 3360. The molecule has 27 unspecified atom stereocenters. The van der Waals surface area contributed by atoms with Crippen molar-refractivity contribution < 1.29 is 165 Å². The largest absolute Gasteiger partial charge is 0.510 e. The van der Waals surface area contributed by atoms with Gasteiger partial charge in [-0.05, 0) is 91.9 Å². The Labute approximate surface area is 628 Å². The van der Waals surface area contributed by atoms with Crippen LogP contribution in [0.2, 0.25) is 0 Å². The number of primary amides is 2. The Balaban J connectivity index is 1.25. The number of ketones is 1. The topological polar surface area (TPSA) is 608 Å². The standard InChI is InChI=1S/C69H108N5O34P/c1-30(2)15-14-17-31(3)18-19-33(5)22-25-68(9,10)24-13-12-16-32(4)23-26-96-41(61(90)91)29-98-109(94,95)108-66-56(57(107-67(71)92)69(11,93)58(106-66)59(70)88)105-63-44(73-36(8)77)47(82)54(40(101-63)28-97-64-51(86)48(83)45(80)39(27-75)100-64)103-62-43(72-35(7)76)46(81)53(34(6)99-62)102-65-52(87)49(84)50(85)55(104-65)60(89)74-42-37(78)20-21-38(42)79/h13,15,18,23-24,34,39-41,43-58,62-66,75,78,80-87,93H,5,12,14,16-17,19-22,25-29H2,1-4,6-11H3,(H2,70,88)(H2,71,92)(H,72,76)(H,73,77)(H,74,89)(H,90,91)(H,94,95). The van der Waals surface area contributed by atoms with Crippen molar-refractivity contribution in [3.05, 3.63) is 70.7 Å². The molecule has 5 heterocycles. The number of aliphatic hydroxyl groups excluding tert-OH is 10. The van der Waals surface area contributed by atoms with Gasteiger partial charge in [-0.3, -0.25) is 33.0 Å². The van der Waals surface area contributed by atoms with Crippen LogP contribution in [-0.2, 0) is 94.5 Å². The van der Waals surface area contributed by atoms with E-state index in [-0.39, 0.29) is 24.9 Å². The maximum absolute atomic E-state index is 14.1. The monoisotopic (exact) mass is 1580 g/mol. The van der Waals surface area contributed by atoms with Crippen molar-refractivity contribution in [2.24, 2.45) is 16.9 Å². The summed E-state index contributed by atoms with van der Waals surface area (Å²) in [5.74, 6) is -7.66. The van der Waals surface area contributed by atoms with E-state index < -0.39 is 240 Å². The minimum Gasteiger partial charge on any atom is -0.510 e. The third-order valence-corrected chi connectivity index (χ3v) is 19.9. The zero-order chi connectivity index (χ0) is 81.5. The van der Waals surface area contributed by atoms with Crippen LogP contribution in [0.1, 0.15) is 127 Å². The molecule has 27 atom stereocenters. The first-order valence-corrected chi connectivity index (χ1v) is 36.9. The molecular formula is C69H108N5O34P. The predicted octanol–water partition coefficient (Wildman–Crippen LogP) is -2.03. The number of hydrogen-bond acceptors (Lipinski definition) is 32. The van der Waals surface area contributed by atoms with E-state index in [1.54, 1.807) is 13.0 Å². The molecule has 109 heavy (non-hydrogen) atoms. The number of nitrogens with two attached hydrogens (primary N) is 2. The summed E-state index contributed by atoms with van der Waals surface area (Å²) in [4.78, 5) is 102. The molecular weight excluding hydrogens is 1470 g/mol. The van der Waals surface area contributed by atoms with Crippen LogP contribution in [0, 0.1) is 5.41 Å². The third kappa shape index (κ3) is 25.4. The number of hydrogen-bond donors (Lipinski definition) is 18. The van der Waals surface area contributed by atoms with Crippen molar-refractivity contribution in [3.63, 3.8) is 0 Å². The Kier molecular flexibility index (Phi) is 34.1. The van der Waals surface area contributed by atoms with Gasteiger partial charge in [-0.25, -0.2) is 14.2 Å². The summed E-state index contributed by atoms with van der Waals surface area (Å²) in [7, 11) is -5.85. The summed E-state index contributed by atoms with van der Waals surface area (Å²) in [6, 6.07) is -4.00. The van der Waals surface area contributed by atoms with Crippen LogP contribution >= 0.6 is 7.82 Å². The number of aliphatic carboxylic acids is 1. The molecule has 6 rings (SSSR count). The number of phosphoric ester groups is 1. The van der Waals surface area contributed by atoms with Crippen LogP contribution in [0.5, 0.6) is 0 Å². The number of Topliss-reactive ketones (excluding diaryl/α,β-unsaturated/α-hetero) is 1. The van der Waals surface area contributed by atoms with E-state index in [1.807, 2.05) is 6.08 Å². The number of amides is 5. The molecule has 40 heteroatoms. The lowest BCUT2D eigenvalue weighted by Crippen LogP contribution is -2.72. The van der Waals surface area contributed by atoms with Crippen molar-refractivity contribution in [2.75, 3.05) is 26.4 Å². The molecule has 0 aromatic carbocycles. The molecule has 0 aromatic heterocycles. The lowest BCUT2D eigenvalue weighted by molar-refractivity contribution is -0.375. The highest BCUT2D eigenvalue weighted by atomic mass is 31.2. The van der Waals surface area contributed by atoms with E-state index in [0.29, 0.717) is 12.8 Å². The SMILES string of the molecule is C=C(CC=C(C)CCC=C(C)C)CCC(C)(C)C=CCCC(C)=CCOC(COP(=O)(O)OC1OC(C(N)=O)C(C)(O)C(OC(N)=O)C1OC1OC(COC2OC(CO)C(O)C(O)C2O)C(OC2OC(C)C(OC3OC(C(=O)NC4=C(O)CCC4=O)C(O)C(O)C3O)C(O)C2NC(C)=O)C(O)C1NC(C)=O)C(=O)O. The van der Waals surface area contributed by atoms with E-state index in [0.717, 1.165) is 64.0 Å². The average Bonchev–Trinajstić information content (AvgIpc) is 1.80. The van der Waals surface area contributed by atoms with Crippen LogP contribution in [-0.4, -0.2) is 293 Å². The van der Waals surface area contributed by atoms with Gasteiger partial charge >= 0.3 is 19.9 Å². The van der Waals surface area contributed by atoms with Crippen LogP contribution in [0.25, 0.3) is 0 Å². The maximum atomic E-state index is 14.1. The lowest BCUT2D eigenvalue weighted by Gasteiger charge is -2.52. The smallest absolute Gasteiger partial charge is 0.474 e. The fraction of sp³-hybridized carbons (Fsp3) is 0.725. The summed E-state index contributed by atoms with van der Waals surface area (Å²) in [5.41, 5.74) is 12.0. The molecule has 5 amide bonds. The van der Waals surface area contributed by atoms with Gasteiger partial charge in [0.1, 0.15) is 102 Å². The first-order chi connectivity index (χ1) is 50.9. The minimum atomic E-state index is -5.85. The van der Waals surface area contributed by atoms with Crippen LogP contribution < -0.4 is 27.4 Å². The van der Waals surface area contributed by atoms with Crippen LogP contribution in [0.4, 0.5) is 4.79 Å². The second-order valence-corrected chi connectivity index (χ2v) is 30.3. The van der Waals surface area contributed by atoms with E-state index >= 15 is 0 Å². The van der Waals surface area contributed by atoms with E-state index in [9.17, 15) is 104 Å². The highest BCUT2D eigenvalue weighted by Crippen LogP contribution is 2.49. The molecule has 5 aliphatic heterocycles. The molecule has 6 aliphatic rings. The highest BCUT2D eigenvalue weighted by Gasteiger charge is 2.62. The van der Waals surface area contributed by atoms with Crippen molar-refractivity contribution >= 4 is 49.3 Å². The molecule has 618 valence electrons. The number of carbonyl (C=O) groups excluding carboxylic acids is 6. The normalized spacial score (nSPS) is 35.6. The average molecular weight is 1580 g/mol. The first kappa shape index (κ1) is 91.7. The third-order valence-electron chi connectivity index (χ3n) is 18.9. The second-order valence-electron chi connectivity index (χ2n) is 28.9. The van der Waals surface area contributed by atoms with Gasteiger partial charge in [-0.15, -0.1) is 0 Å². The van der Waals surface area contributed by atoms with Gasteiger partial charge in [0, 0.05) is 26.7 Å². The lowest BCUT2D eigenvalue weighted by atomic mass is 9.85. The molecule has 1 aliphatic carbocycles. The molecule has 0 spiro atoms. The highest BCUT2D eigenvalue weighted by molar-refractivity contribution is 7.47. The number of carbonyl (C=O) groups is 7. The summed E-state index contributed by atoms with van der Waals surface area (Å²) in [6.07, 6.45) is -35.4. The fourth-order valence-corrected chi connectivity index (χ4v) is 13.5. The minimum absolute atomic E-state index is 0.128. The number of allylic oxidation sites excluding steroid dienone is 10. The van der Waals surface area contributed by atoms with Gasteiger partial charge in [-0.2, -0.15) is 0 Å². The summed E-state index contributed by atoms with van der Waals surface area (Å²) >= 11 is 0. The number of carboxylic acids is 1. The number of nitrogens with one attached hydrogen (secondary N) is 3. The van der Waals surface area contributed by atoms with Gasteiger partial charge in [0.05, 0.1) is 32.5 Å². The van der Waals surface area contributed by atoms with Crippen LogP contribution in [0.3, 0.4) is 0 Å². The zero-order valence-corrected chi connectivity index (χ0v) is 63.1. The maximum Gasteiger partial charge on any atom is 0.474 e. The summed E-state index contributed by atoms with van der Waals surface area (Å²) in [6.45, 7) is 16.8.